The van der Waals surface area contributed by atoms with E-state index in [4.69, 9.17) is 0 Å². The highest BCUT2D eigenvalue weighted by Gasteiger charge is 2.23. The fraction of sp³-hybridized carbons (Fsp3) is 0.357. The lowest BCUT2D eigenvalue weighted by atomic mass is 10.2. The zero-order valence-electron chi connectivity index (χ0n) is 11.9. The lowest BCUT2D eigenvalue weighted by molar-refractivity contribution is 0.0696. The molecule has 0 aromatic carbocycles. The number of aromatic nitrogens is 3. The molecule has 0 saturated heterocycles. The molecule has 0 radical (unpaired) electrons. The van der Waals surface area contributed by atoms with E-state index in [2.05, 4.69) is 10.1 Å². The maximum absolute atomic E-state index is 11.4. The summed E-state index contributed by atoms with van der Waals surface area (Å²) in [6.45, 7) is 5.03. The summed E-state index contributed by atoms with van der Waals surface area (Å²) in [5, 5.41) is 13.6. The number of anilines is 1. The minimum absolute atomic E-state index is 0.267. The van der Waals surface area contributed by atoms with Crippen LogP contribution in [0.2, 0.25) is 0 Å². The zero-order chi connectivity index (χ0) is 14.7. The third-order valence-electron chi connectivity index (χ3n) is 3.21. The number of rotatable bonds is 5. The summed E-state index contributed by atoms with van der Waals surface area (Å²) in [6.07, 6.45) is 3.46. The molecule has 20 heavy (non-hydrogen) atoms. The second-order valence-electron chi connectivity index (χ2n) is 4.58. The fourth-order valence-electron chi connectivity index (χ4n) is 2.30. The molecule has 2 aromatic rings. The first-order chi connectivity index (χ1) is 9.54. The van der Waals surface area contributed by atoms with Gasteiger partial charge in [-0.2, -0.15) is 5.10 Å². The normalized spacial score (nSPS) is 10.6. The van der Waals surface area contributed by atoms with E-state index in [1.165, 1.54) is 0 Å². The van der Waals surface area contributed by atoms with Gasteiger partial charge in [0, 0.05) is 32.5 Å². The van der Waals surface area contributed by atoms with E-state index in [9.17, 15) is 9.90 Å². The molecule has 106 valence electrons. The van der Waals surface area contributed by atoms with Crippen molar-refractivity contribution in [3.63, 3.8) is 0 Å². The SMILES string of the molecule is CCN(Cc1ccncc1)c1c(C(=O)O)c(C)nn1C. The average Bonchev–Trinajstić information content (AvgIpc) is 2.72. The van der Waals surface area contributed by atoms with E-state index in [-0.39, 0.29) is 5.56 Å². The van der Waals surface area contributed by atoms with Crippen LogP contribution < -0.4 is 4.90 Å². The van der Waals surface area contributed by atoms with E-state index < -0.39 is 5.97 Å². The molecular weight excluding hydrogens is 256 g/mol. The summed E-state index contributed by atoms with van der Waals surface area (Å²) in [5.41, 5.74) is 1.88. The van der Waals surface area contributed by atoms with Crippen LogP contribution in [0.4, 0.5) is 5.82 Å². The topological polar surface area (TPSA) is 71.2 Å². The van der Waals surface area contributed by atoms with Gasteiger partial charge < -0.3 is 10.0 Å². The number of carbonyl (C=O) groups is 1. The zero-order valence-corrected chi connectivity index (χ0v) is 11.9. The number of carboxylic acid groups (broad SMARTS) is 1. The molecule has 0 atom stereocenters. The van der Waals surface area contributed by atoms with Crippen molar-refractivity contribution in [2.45, 2.75) is 20.4 Å². The van der Waals surface area contributed by atoms with Crippen molar-refractivity contribution in [3.8, 4) is 0 Å². The Balaban J connectivity index is 2.40. The van der Waals surface area contributed by atoms with Gasteiger partial charge in [0.1, 0.15) is 11.4 Å². The molecule has 2 heterocycles. The van der Waals surface area contributed by atoms with Gasteiger partial charge in [0.25, 0.3) is 0 Å². The first-order valence-electron chi connectivity index (χ1n) is 6.45. The molecule has 0 saturated carbocycles. The summed E-state index contributed by atoms with van der Waals surface area (Å²) in [4.78, 5) is 17.4. The molecule has 2 aromatic heterocycles. The molecule has 2 rings (SSSR count). The van der Waals surface area contributed by atoms with Gasteiger partial charge in [0.2, 0.25) is 0 Å². The van der Waals surface area contributed by atoms with Crippen molar-refractivity contribution < 1.29 is 9.90 Å². The van der Waals surface area contributed by atoms with Crippen LogP contribution in [0.3, 0.4) is 0 Å². The van der Waals surface area contributed by atoms with Crippen molar-refractivity contribution in [1.29, 1.82) is 0 Å². The molecule has 0 amide bonds. The molecule has 0 unspecified atom stereocenters. The van der Waals surface area contributed by atoms with Crippen LogP contribution in [0.5, 0.6) is 0 Å². The molecule has 0 bridgehead atoms. The largest absolute Gasteiger partial charge is 0.477 e. The predicted molar refractivity (Wildman–Crippen MR) is 75.9 cm³/mol. The van der Waals surface area contributed by atoms with Gasteiger partial charge in [-0.25, -0.2) is 4.79 Å². The summed E-state index contributed by atoms with van der Waals surface area (Å²) in [7, 11) is 1.77. The lowest BCUT2D eigenvalue weighted by Gasteiger charge is -2.23. The molecule has 0 aliphatic heterocycles. The van der Waals surface area contributed by atoms with E-state index in [0.29, 0.717) is 24.6 Å². The van der Waals surface area contributed by atoms with Crippen LogP contribution in [-0.2, 0) is 13.6 Å². The Morgan fingerprint density at radius 2 is 2.05 bits per heavy atom. The number of hydrogen-bond donors (Lipinski definition) is 1. The monoisotopic (exact) mass is 274 g/mol. The summed E-state index contributed by atoms with van der Waals surface area (Å²) < 4.78 is 1.63. The van der Waals surface area contributed by atoms with Gasteiger partial charge in [0.05, 0.1) is 5.69 Å². The van der Waals surface area contributed by atoms with Gasteiger partial charge in [-0.1, -0.05) is 0 Å². The molecule has 1 N–H and O–H groups in total. The number of hydrogen-bond acceptors (Lipinski definition) is 4. The number of aryl methyl sites for hydroxylation is 2. The van der Waals surface area contributed by atoms with Crippen molar-refractivity contribution in [2.75, 3.05) is 11.4 Å². The number of nitrogens with zero attached hydrogens (tertiary/aromatic N) is 4. The third kappa shape index (κ3) is 2.64. The van der Waals surface area contributed by atoms with Crippen molar-refractivity contribution in [3.05, 3.63) is 41.3 Å². The van der Waals surface area contributed by atoms with Crippen LogP contribution in [0.15, 0.2) is 24.5 Å². The fourth-order valence-corrected chi connectivity index (χ4v) is 2.30. The Morgan fingerprint density at radius 1 is 1.40 bits per heavy atom. The number of pyridine rings is 1. The minimum Gasteiger partial charge on any atom is -0.477 e. The molecule has 6 nitrogen and oxygen atoms in total. The molecule has 0 aliphatic carbocycles. The van der Waals surface area contributed by atoms with Crippen LogP contribution in [0, 0.1) is 6.92 Å². The summed E-state index contributed by atoms with van der Waals surface area (Å²) >= 11 is 0. The molecule has 0 aliphatic rings. The van der Waals surface area contributed by atoms with Gasteiger partial charge >= 0.3 is 5.97 Å². The van der Waals surface area contributed by atoms with E-state index in [1.54, 1.807) is 31.0 Å². The van der Waals surface area contributed by atoms with Gasteiger partial charge in [-0.15, -0.1) is 0 Å². The molecule has 6 heteroatoms. The third-order valence-corrected chi connectivity index (χ3v) is 3.21. The van der Waals surface area contributed by atoms with E-state index in [1.807, 2.05) is 24.0 Å². The maximum Gasteiger partial charge on any atom is 0.341 e. The van der Waals surface area contributed by atoms with Crippen LogP contribution >= 0.6 is 0 Å². The Hall–Kier alpha value is -2.37. The van der Waals surface area contributed by atoms with Gasteiger partial charge in [-0.05, 0) is 31.5 Å². The second-order valence-corrected chi connectivity index (χ2v) is 4.58. The lowest BCUT2D eigenvalue weighted by Crippen LogP contribution is -2.26. The smallest absolute Gasteiger partial charge is 0.341 e. The second kappa shape index (κ2) is 5.73. The average molecular weight is 274 g/mol. The highest BCUT2D eigenvalue weighted by atomic mass is 16.4. The van der Waals surface area contributed by atoms with E-state index in [0.717, 1.165) is 5.56 Å². The van der Waals surface area contributed by atoms with Crippen LogP contribution in [-0.4, -0.2) is 32.4 Å². The maximum atomic E-state index is 11.4. The Morgan fingerprint density at radius 3 is 2.60 bits per heavy atom. The van der Waals surface area contributed by atoms with Crippen molar-refractivity contribution >= 4 is 11.8 Å². The molecule has 0 fully saturated rings. The van der Waals surface area contributed by atoms with Crippen molar-refractivity contribution in [1.82, 2.24) is 14.8 Å². The summed E-state index contributed by atoms with van der Waals surface area (Å²) in [5.74, 6) is -0.312. The van der Waals surface area contributed by atoms with Crippen LogP contribution in [0.25, 0.3) is 0 Å². The minimum atomic E-state index is -0.946. The quantitative estimate of drug-likeness (QED) is 0.901. The predicted octanol–water partition coefficient (Wildman–Crippen LogP) is 1.85. The first kappa shape index (κ1) is 14.0. The number of aromatic carboxylic acids is 1. The van der Waals surface area contributed by atoms with Crippen molar-refractivity contribution in [2.24, 2.45) is 7.05 Å². The first-order valence-corrected chi connectivity index (χ1v) is 6.45. The Kier molecular flexibility index (Phi) is 4.02. The highest BCUT2D eigenvalue weighted by molar-refractivity contribution is 5.94. The Bertz CT molecular complexity index is 607. The standard InChI is InChI=1S/C14H18N4O2/c1-4-18(9-11-5-7-15-8-6-11)13-12(14(19)20)10(2)16-17(13)3/h5-8H,4,9H2,1-3H3,(H,19,20). The number of carboxylic acids is 1. The van der Waals surface area contributed by atoms with E-state index >= 15 is 0 Å². The van der Waals surface area contributed by atoms with Crippen LogP contribution in [0.1, 0.15) is 28.5 Å². The van der Waals surface area contributed by atoms with Gasteiger partial charge in [-0.3, -0.25) is 9.67 Å². The molecule has 0 spiro atoms. The highest BCUT2D eigenvalue weighted by Crippen LogP contribution is 2.24. The Labute approximate surface area is 117 Å². The van der Waals surface area contributed by atoms with Gasteiger partial charge in [0.15, 0.2) is 0 Å². The molecular formula is C14H18N4O2. The summed E-state index contributed by atoms with van der Waals surface area (Å²) in [6, 6.07) is 3.85.